The molecule has 2 rings (SSSR count). The molecule has 0 aromatic heterocycles. The summed E-state index contributed by atoms with van der Waals surface area (Å²) in [5.41, 5.74) is 1.40. The molecule has 0 aliphatic heterocycles. The second-order valence-corrected chi connectivity index (χ2v) is 5.77. The molecule has 0 aliphatic rings. The zero-order valence-corrected chi connectivity index (χ0v) is 13.0. The zero-order chi connectivity index (χ0) is 13.1. The van der Waals surface area contributed by atoms with Crippen LogP contribution < -0.4 is 0 Å². The molecule has 18 heavy (non-hydrogen) atoms. The molecule has 0 heterocycles. The minimum atomic E-state index is 0.163. The first-order valence-corrected chi connectivity index (χ1v) is 7.00. The number of hydrogen-bond acceptors (Lipinski definition) is 2. The van der Waals surface area contributed by atoms with Crippen molar-refractivity contribution in [3.05, 3.63) is 55.9 Å². The van der Waals surface area contributed by atoms with Gasteiger partial charge in [-0.1, -0.05) is 27.5 Å². The zero-order valence-electron chi connectivity index (χ0n) is 9.07. The van der Waals surface area contributed by atoms with Gasteiger partial charge in [0.25, 0.3) is 0 Å². The first-order valence-electron chi connectivity index (χ1n) is 5.04. The van der Waals surface area contributed by atoms with Crippen LogP contribution in [-0.4, -0.2) is 11.3 Å². The van der Waals surface area contributed by atoms with Crippen molar-refractivity contribution >= 4 is 55.4 Å². The Labute approximate surface area is 127 Å². The Morgan fingerprint density at radius 3 is 2.44 bits per heavy atom. The Morgan fingerprint density at radius 1 is 1.11 bits per heavy atom. The number of halogens is 3. The molecule has 1 N–H and O–H groups in total. The summed E-state index contributed by atoms with van der Waals surface area (Å²) in [4.78, 5) is 4.28. The number of benzene rings is 2. The van der Waals surface area contributed by atoms with Crippen molar-refractivity contribution in [1.29, 1.82) is 0 Å². The van der Waals surface area contributed by atoms with E-state index in [1.54, 1.807) is 30.5 Å². The van der Waals surface area contributed by atoms with Crippen LogP contribution in [0.4, 0.5) is 5.69 Å². The molecule has 0 atom stereocenters. The average Bonchev–Trinajstić information content (AvgIpc) is 2.34. The predicted octanol–water partition coefficient (Wildman–Crippen LogP) is 5.32. The standard InChI is InChI=1S/C13H8Br2ClNO/c14-9-5-8(13(18)12(15)6-9)7-17-11-3-1-10(16)2-4-11/h1-7,18H/b17-7+. The average molecular weight is 389 g/mol. The highest BCUT2D eigenvalue weighted by Gasteiger charge is 2.05. The van der Waals surface area contributed by atoms with Gasteiger partial charge < -0.3 is 5.11 Å². The highest BCUT2D eigenvalue weighted by Crippen LogP contribution is 2.31. The summed E-state index contributed by atoms with van der Waals surface area (Å²) < 4.78 is 1.49. The second-order valence-electron chi connectivity index (χ2n) is 3.56. The molecular weight excluding hydrogens is 381 g/mol. The Balaban J connectivity index is 2.31. The van der Waals surface area contributed by atoms with E-state index in [1.807, 2.05) is 12.1 Å². The van der Waals surface area contributed by atoms with Crippen LogP contribution in [0.3, 0.4) is 0 Å². The third-order valence-corrected chi connectivity index (χ3v) is 3.55. The Bertz CT molecular complexity index is 597. The fraction of sp³-hybridized carbons (Fsp3) is 0. The summed E-state index contributed by atoms with van der Waals surface area (Å²) in [5, 5.41) is 10.5. The van der Waals surface area contributed by atoms with Crippen molar-refractivity contribution < 1.29 is 5.11 Å². The van der Waals surface area contributed by atoms with Crippen LogP contribution in [0.15, 0.2) is 50.3 Å². The molecule has 0 radical (unpaired) electrons. The van der Waals surface area contributed by atoms with Crippen LogP contribution in [0, 0.1) is 0 Å². The fourth-order valence-corrected chi connectivity index (χ4v) is 2.74. The Kier molecular flexibility index (Phi) is 4.43. The van der Waals surface area contributed by atoms with Gasteiger partial charge in [0.05, 0.1) is 10.2 Å². The summed E-state index contributed by atoms with van der Waals surface area (Å²) in [6.45, 7) is 0. The molecule has 92 valence electrons. The quantitative estimate of drug-likeness (QED) is 0.693. The molecule has 0 aliphatic carbocycles. The van der Waals surface area contributed by atoms with Crippen LogP contribution in [0.5, 0.6) is 5.75 Å². The number of aromatic hydroxyl groups is 1. The Morgan fingerprint density at radius 2 is 1.78 bits per heavy atom. The topological polar surface area (TPSA) is 32.6 Å². The summed E-state index contributed by atoms with van der Waals surface area (Å²) in [6, 6.07) is 10.7. The van der Waals surface area contributed by atoms with Crippen LogP contribution >= 0.6 is 43.5 Å². The van der Waals surface area contributed by atoms with Gasteiger partial charge in [0.2, 0.25) is 0 Å². The highest BCUT2D eigenvalue weighted by molar-refractivity contribution is 9.11. The molecule has 0 fully saturated rings. The normalized spacial score (nSPS) is 11.1. The molecule has 0 bridgehead atoms. The third-order valence-electron chi connectivity index (χ3n) is 2.24. The maximum Gasteiger partial charge on any atom is 0.138 e. The molecule has 0 unspecified atom stereocenters. The van der Waals surface area contributed by atoms with Crippen LogP contribution in [0.1, 0.15) is 5.56 Å². The van der Waals surface area contributed by atoms with Gasteiger partial charge >= 0.3 is 0 Å². The third kappa shape index (κ3) is 3.34. The van der Waals surface area contributed by atoms with Crippen LogP contribution in [-0.2, 0) is 0 Å². The lowest BCUT2D eigenvalue weighted by atomic mass is 10.2. The summed E-state index contributed by atoms with van der Waals surface area (Å²) in [5.74, 6) is 0.163. The lowest BCUT2D eigenvalue weighted by molar-refractivity contribution is 0.471. The van der Waals surface area contributed by atoms with Gasteiger partial charge in [-0.2, -0.15) is 0 Å². The van der Waals surface area contributed by atoms with Crippen molar-refractivity contribution in [3.8, 4) is 5.75 Å². The molecule has 0 saturated carbocycles. The predicted molar refractivity (Wildman–Crippen MR) is 82.2 cm³/mol. The van der Waals surface area contributed by atoms with Crippen LogP contribution in [0.2, 0.25) is 5.02 Å². The SMILES string of the molecule is Oc1c(Br)cc(Br)cc1/C=N/c1ccc(Cl)cc1. The van der Waals surface area contributed by atoms with E-state index in [2.05, 4.69) is 36.9 Å². The number of nitrogens with zero attached hydrogens (tertiary/aromatic N) is 1. The van der Waals surface area contributed by atoms with Gasteiger partial charge in [-0.15, -0.1) is 0 Å². The van der Waals surface area contributed by atoms with Crippen molar-refractivity contribution in [2.24, 2.45) is 4.99 Å². The number of aliphatic imine (C=N–C) groups is 1. The molecule has 2 aromatic carbocycles. The van der Waals surface area contributed by atoms with Gasteiger partial charge in [-0.05, 0) is 52.3 Å². The minimum absolute atomic E-state index is 0.163. The molecule has 0 amide bonds. The van der Waals surface area contributed by atoms with E-state index in [0.717, 1.165) is 10.2 Å². The summed E-state index contributed by atoms with van der Waals surface area (Å²) in [7, 11) is 0. The first-order chi connectivity index (χ1) is 8.56. The molecule has 2 nitrogen and oxygen atoms in total. The fourth-order valence-electron chi connectivity index (χ4n) is 1.36. The van der Waals surface area contributed by atoms with Gasteiger partial charge in [-0.3, -0.25) is 4.99 Å². The largest absolute Gasteiger partial charge is 0.506 e. The van der Waals surface area contributed by atoms with E-state index in [4.69, 9.17) is 11.6 Å². The van der Waals surface area contributed by atoms with Gasteiger partial charge in [0, 0.05) is 21.3 Å². The first kappa shape index (κ1) is 13.6. The van der Waals surface area contributed by atoms with E-state index >= 15 is 0 Å². The lowest BCUT2D eigenvalue weighted by Gasteiger charge is -2.02. The summed E-state index contributed by atoms with van der Waals surface area (Å²) >= 11 is 12.4. The van der Waals surface area contributed by atoms with E-state index in [9.17, 15) is 5.11 Å². The van der Waals surface area contributed by atoms with Crippen molar-refractivity contribution in [2.75, 3.05) is 0 Å². The smallest absolute Gasteiger partial charge is 0.138 e. The molecule has 0 saturated heterocycles. The van der Waals surface area contributed by atoms with Crippen molar-refractivity contribution in [2.45, 2.75) is 0 Å². The van der Waals surface area contributed by atoms with Crippen molar-refractivity contribution in [1.82, 2.24) is 0 Å². The monoisotopic (exact) mass is 387 g/mol. The summed E-state index contributed by atoms with van der Waals surface area (Å²) in [6.07, 6.45) is 1.61. The maximum absolute atomic E-state index is 9.86. The van der Waals surface area contributed by atoms with E-state index in [0.29, 0.717) is 15.1 Å². The van der Waals surface area contributed by atoms with E-state index < -0.39 is 0 Å². The molecule has 0 spiro atoms. The minimum Gasteiger partial charge on any atom is -0.506 e. The molecule has 2 aromatic rings. The van der Waals surface area contributed by atoms with Crippen LogP contribution in [0.25, 0.3) is 0 Å². The van der Waals surface area contributed by atoms with Gasteiger partial charge in [-0.25, -0.2) is 0 Å². The molecule has 5 heteroatoms. The number of phenolic OH excluding ortho intramolecular Hbond substituents is 1. The van der Waals surface area contributed by atoms with Gasteiger partial charge in [0.15, 0.2) is 0 Å². The number of hydrogen-bond donors (Lipinski definition) is 1. The van der Waals surface area contributed by atoms with E-state index in [-0.39, 0.29) is 5.75 Å². The number of rotatable bonds is 2. The second kappa shape index (κ2) is 5.87. The lowest BCUT2D eigenvalue weighted by Crippen LogP contribution is -1.84. The van der Waals surface area contributed by atoms with E-state index in [1.165, 1.54) is 0 Å². The van der Waals surface area contributed by atoms with Crippen molar-refractivity contribution in [3.63, 3.8) is 0 Å². The Hall–Kier alpha value is -0.840. The number of phenols is 1. The maximum atomic E-state index is 9.86. The van der Waals surface area contributed by atoms with Gasteiger partial charge in [0.1, 0.15) is 5.75 Å². The highest BCUT2D eigenvalue weighted by atomic mass is 79.9. The molecular formula is C13H8Br2ClNO.